The first-order valence-electron chi connectivity index (χ1n) is 6.62. The summed E-state index contributed by atoms with van der Waals surface area (Å²) in [5.74, 6) is 1.08. The number of benzene rings is 1. The maximum absolute atomic E-state index is 12.8. The van der Waals surface area contributed by atoms with Crippen molar-refractivity contribution in [2.45, 2.75) is 31.6 Å². The summed E-state index contributed by atoms with van der Waals surface area (Å²) in [4.78, 5) is 0. The summed E-state index contributed by atoms with van der Waals surface area (Å²) < 4.78 is 43.9. The SMILES string of the molecule is FC(F)(F)c1cc(Cl)cc(-c2ccc(CNC3CC3)o2)c1. The van der Waals surface area contributed by atoms with Gasteiger partial charge in [0, 0.05) is 16.6 Å². The predicted octanol–water partition coefficient (Wildman–Crippen LogP) is 4.87. The van der Waals surface area contributed by atoms with Crippen molar-refractivity contribution < 1.29 is 17.6 Å². The largest absolute Gasteiger partial charge is 0.460 e. The Morgan fingerprint density at radius 3 is 2.62 bits per heavy atom. The Kier molecular flexibility index (Phi) is 3.71. The highest BCUT2D eigenvalue weighted by atomic mass is 35.5. The molecular formula is C15H13ClF3NO. The number of hydrogen-bond acceptors (Lipinski definition) is 2. The summed E-state index contributed by atoms with van der Waals surface area (Å²) >= 11 is 5.77. The van der Waals surface area contributed by atoms with Gasteiger partial charge in [-0.2, -0.15) is 13.2 Å². The van der Waals surface area contributed by atoms with E-state index in [1.165, 1.54) is 6.07 Å². The van der Waals surface area contributed by atoms with E-state index in [0.717, 1.165) is 25.0 Å². The lowest BCUT2D eigenvalue weighted by Crippen LogP contribution is -2.14. The molecule has 0 spiro atoms. The first-order chi connectivity index (χ1) is 9.91. The lowest BCUT2D eigenvalue weighted by molar-refractivity contribution is -0.137. The van der Waals surface area contributed by atoms with Crippen molar-refractivity contribution in [2.24, 2.45) is 0 Å². The minimum absolute atomic E-state index is 0.0360. The minimum Gasteiger partial charge on any atom is -0.460 e. The Morgan fingerprint density at radius 2 is 1.95 bits per heavy atom. The van der Waals surface area contributed by atoms with Gasteiger partial charge in [-0.05, 0) is 43.2 Å². The first kappa shape index (κ1) is 14.5. The highest BCUT2D eigenvalue weighted by molar-refractivity contribution is 6.30. The molecule has 1 aromatic heterocycles. The first-order valence-corrected chi connectivity index (χ1v) is 7.00. The topological polar surface area (TPSA) is 25.2 Å². The second-order valence-corrected chi connectivity index (χ2v) is 5.58. The quantitative estimate of drug-likeness (QED) is 0.870. The van der Waals surface area contributed by atoms with Gasteiger partial charge in [-0.25, -0.2) is 0 Å². The van der Waals surface area contributed by atoms with Crippen LogP contribution >= 0.6 is 11.6 Å². The summed E-state index contributed by atoms with van der Waals surface area (Å²) in [6, 6.07) is 7.39. The molecule has 1 aliphatic rings. The second-order valence-electron chi connectivity index (χ2n) is 5.15. The molecule has 0 saturated heterocycles. The molecule has 1 saturated carbocycles. The van der Waals surface area contributed by atoms with Crippen molar-refractivity contribution >= 4 is 11.6 Å². The van der Waals surface area contributed by atoms with Gasteiger partial charge in [0.25, 0.3) is 0 Å². The van der Waals surface area contributed by atoms with Crippen LogP contribution in [0.1, 0.15) is 24.2 Å². The standard InChI is InChI=1S/C15H13ClF3NO/c16-11-6-9(5-10(7-11)15(17,18)19)14-4-3-13(21-14)8-20-12-1-2-12/h3-7,12,20H,1-2,8H2. The van der Waals surface area contributed by atoms with Gasteiger partial charge in [-0.15, -0.1) is 0 Å². The molecular weight excluding hydrogens is 303 g/mol. The average molecular weight is 316 g/mol. The smallest absolute Gasteiger partial charge is 0.416 e. The lowest BCUT2D eigenvalue weighted by Gasteiger charge is -2.08. The van der Waals surface area contributed by atoms with Crippen molar-refractivity contribution in [3.05, 3.63) is 46.7 Å². The molecule has 2 aromatic rings. The van der Waals surface area contributed by atoms with Crippen molar-refractivity contribution in [2.75, 3.05) is 0 Å². The molecule has 0 amide bonds. The molecule has 0 aliphatic heterocycles. The van der Waals surface area contributed by atoms with E-state index < -0.39 is 11.7 Å². The molecule has 0 atom stereocenters. The Labute approximate surface area is 124 Å². The third-order valence-corrected chi connectivity index (χ3v) is 3.53. The number of alkyl halides is 3. The summed E-state index contributed by atoms with van der Waals surface area (Å²) in [6.45, 7) is 0.581. The zero-order valence-electron chi connectivity index (χ0n) is 11.0. The normalized spacial score (nSPS) is 15.4. The molecule has 1 N–H and O–H groups in total. The fraction of sp³-hybridized carbons (Fsp3) is 0.333. The highest BCUT2D eigenvalue weighted by Gasteiger charge is 2.31. The van der Waals surface area contributed by atoms with Crippen molar-refractivity contribution in [1.29, 1.82) is 0 Å². The molecule has 0 bridgehead atoms. The molecule has 0 unspecified atom stereocenters. The molecule has 1 aliphatic carbocycles. The fourth-order valence-electron chi connectivity index (χ4n) is 2.06. The molecule has 3 rings (SSSR count). The predicted molar refractivity (Wildman–Crippen MR) is 74.0 cm³/mol. The zero-order chi connectivity index (χ0) is 15.0. The molecule has 1 heterocycles. The van der Waals surface area contributed by atoms with E-state index >= 15 is 0 Å². The Morgan fingerprint density at radius 1 is 1.19 bits per heavy atom. The van der Waals surface area contributed by atoms with Gasteiger partial charge < -0.3 is 9.73 Å². The van der Waals surface area contributed by atoms with Crippen LogP contribution in [0, 0.1) is 0 Å². The van der Waals surface area contributed by atoms with Crippen molar-refractivity contribution in [3.8, 4) is 11.3 Å². The van der Waals surface area contributed by atoms with Crippen LogP contribution in [-0.2, 0) is 12.7 Å². The maximum Gasteiger partial charge on any atom is 0.416 e. The number of furan rings is 1. The van der Waals surface area contributed by atoms with E-state index in [2.05, 4.69) is 5.32 Å². The maximum atomic E-state index is 12.8. The highest BCUT2D eigenvalue weighted by Crippen LogP contribution is 2.35. The van der Waals surface area contributed by atoms with Crippen molar-refractivity contribution in [1.82, 2.24) is 5.32 Å². The van der Waals surface area contributed by atoms with Gasteiger partial charge in [0.05, 0.1) is 12.1 Å². The van der Waals surface area contributed by atoms with E-state index in [1.807, 2.05) is 0 Å². The minimum atomic E-state index is -4.43. The fourth-order valence-corrected chi connectivity index (χ4v) is 2.29. The molecule has 0 radical (unpaired) electrons. The van der Waals surface area contributed by atoms with Crippen LogP contribution in [0.3, 0.4) is 0 Å². The summed E-state index contributed by atoms with van der Waals surface area (Å²) in [5.41, 5.74) is -0.452. The Bertz CT molecular complexity index is 647. The second kappa shape index (κ2) is 5.39. The number of hydrogen-bond donors (Lipinski definition) is 1. The molecule has 1 fully saturated rings. The van der Waals surface area contributed by atoms with Gasteiger partial charge in [-0.3, -0.25) is 0 Å². The average Bonchev–Trinajstić information content (AvgIpc) is 3.11. The van der Waals surface area contributed by atoms with Gasteiger partial charge >= 0.3 is 6.18 Å². The lowest BCUT2D eigenvalue weighted by atomic mass is 10.1. The summed E-state index contributed by atoms with van der Waals surface area (Å²) in [6.07, 6.45) is -2.10. The monoisotopic (exact) mass is 315 g/mol. The van der Waals surface area contributed by atoms with Crippen LogP contribution < -0.4 is 5.32 Å². The summed E-state index contributed by atoms with van der Waals surface area (Å²) in [5, 5.41) is 3.32. The van der Waals surface area contributed by atoms with E-state index in [0.29, 0.717) is 29.7 Å². The van der Waals surface area contributed by atoms with Gasteiger partial charge in [0.1, 0.15) is 11.5 Å². The third kappa shape index (κ3) is 3.60. The number of halogens is 4. The van der Waals surface area contributed by atoms with Gasteiger partial charge in [-0.1, -0.05) is 11.6 Å². The molecule has 112 valence electrons. The molecule has 21 heavy (non-hydrogen) atoms. The van der Waals surface area contributed by atoms with E-state index in [9.17, 15) is 13.2 Å². The van der Waals surface area contributed by atoms with Crippen LogP contribution in [0.2, 0.25) is 5.02 Å². The molecule has 1 aromatic carbocycles. The van der Waals surface area contributed by atoms with E-state index in [4.69, 9.17) is 16.0 Å². The van der Waals surface area contributed by atoms with Crippen LogP contribution in [0.5, 0.6) is 0 Å². The van der Waals surface area contributed by atoms with E-state index in [-0.39, 0.29) is 5.02 Å². The number of rotatable bonds is 4. The Hall–Kier alpha value is -1.46. The van der Waals surface area contributed by atoms with Crippen LogP contribution in [0.15, 0.2) is 34.7 Å². The third-order valence-electron chi connectivity index (χ3n) is 3.31. The molecule has 6 heteroatoms. The van der Waals surface area contributed by atoms with E-state index in [1.54, 1.807) is 12.1 Å². The molecule has 2 nitrogen and oxygen atoms in total. The summed E-state index contributed by atoms with van der Waals surface area (Å²) in [7, 11) is 0. The van der Waals surface area contributed by atoms with Crippen LogP contribution in [0.4, 0.5) is 13.2 Å². The Balaban J connectivity index is 1.83. The number of nitrogens with one attached hydrogen (secondary N) is 1. The van der Waals surface area contributed by atoms with Crippen LogP contribution in [-0.4, -0.2) is 6.04 Å². The van der Waals surface area contributed by atoms with Crippen molar-refractivity contribution in [3.63, 3.8) is 0 Å². The van der Waals surface area contributed by atoms with Crippen LogP contribution in [0.25, 0.3) is 11.3 Å². The zero-order valence-corrected chi connectivity index (χ0v) is 11.8. The van der Waals surface area contributed by atoms with Gasteiger partial charge in [0.2, 0.25) is 0 Å². The van der Waals surface area contributed by atoms with Gasteiger partial charge in [0.15, 0.2) is 0 Å².